The van der Waals surface area contributed by atoms with Crippen molar-refractivity contribution in [2.24, 2.45) is 5.92 Å². The van der Waals surface area contributed by atoms with Crippen molar-refractivity contribution in [3.05, 3.63) is 0 Å². The van der Waals surface area contributed by atoms with E-state index in [1.165, 1.54) is 0 Å². The van der Waals surface area contributed by atoms with E-state index < -0.39 is 5.97 Å². The largest absolute Gasteiger partial charge is 0.481 e. The van der Waals surface area contributed by atoms with Crippen LogP contribution in [0.3, 0.4) is 0 Å². The van der Waals surface area contributed by atoms with Crippen LogP contribution in [-0.2, 0) is 4.79 Å². The zero-order valence-corrected chi connectivity index (χ0v) is 9.48. The van der Waals surface area contributed by atoms with Crippen LogP contribution in [0.25, 0.3) is 0 Å². The molecule has 1 aliphatic heterocycles. The summed E-state index contributed by atoms with van der Waals surface area (Å²) >= 11 is 0. The minimum atomic E-state index is -0.735. The Balaban J connectivity index is 1.83. The summed E-state index contributed by atoms with van der Waals surface area (Å²) in [7, 11) is 0. The highest BCUT2D eigenvalue weighted by atomic mass is 16.4. The van der Waals surface area contributed by atoms with Gasteiger partial charge < -0.3 is 15.3 Å². The lowest BCUT2D eigenvalue weighted by atomic mass is 9.79. The number of hydrogen-bond donors (Lipinski definition) is 2. The third-order valence-corrected chi connectivity index (χ3v) is 3.55. The summed E-state index contributed by atoms with van der Waals surface area (Å²) in [5, 5.41) is 11.7. The molecule has 5 nitrogen and oxygen atoms in total. The number of carbonyl (C=O) groups is 2. The Bertz CT molecular complexity index is 300. The van der Waals surface area contributed by atoms with Gasteiger partial charge in [-0.15, -0.1) is 0 Å². The molecule has 0 aromatic rings. The van der Waals surface area contributed by atoms with Crippen LogP contribution >= 0.6 is 0 Å². The van der Waals surface area contributed by atoms with Crippen molar-refractivity contribution < 1.29 is 14.7 Å². The summed E-state index contributed by atoms with van der Waals surface area (Å²) in [5.41, 5.74) is 0. The second kappa shape index (κ2) is 4.31. The van der Waals surface area contributed by atoms with Crippen LogP contribution in [0.15, 0.2) is 0 Å². The molecule has 2 rings (SSSR count). The average Bonchev–Trinajstić information content (AvgIpc) is 2.45. The van der Waals surface area contributed by atoms with Crippen LogP contribution in [0.1, 0.15) is 32.6 Å². The first-order valence-corrected chi connectivity index (χ1v) is 5.91. The Hall–Kier alpha value is -1.26. The first kappa shape index (κ1) is 11.2. The van der Waals surface area contributed by atoms with Crippen molar-refractivity contribution in [3.8, 4) is 0 Å². The number of carboxylic acid groups (broad SMARTS) is 1. The number of amides is 2. The minimum absolute atomic E-state index is 0.0210. The van der Waals surface area contributed by atoms with E-state index in [-0.39, 0.29) is 24.0 Å². The van der Waals surface area contributed by atoms with Gasteiger partial charge in [-0.3, -0.25) is 4.79 Å². The summed E-state index contributed by atoms with van der Waals surface area (Å²) in [5.74, 6) is -0.982. The molecule has 5 heteroatoms. The van der Waals surface area contributed by atoms with E-state index in [1.54, 1.807) is 4.90 Å². The first-order chi connectivity index (χ1) is 7.61. The fourth-order valence-corrected chi connectivity index (χ4v) is 2.49. The topological polar surface area (TPSA) is 69.6 Å². The third-order valence-electron chi connectivity index (χ3n) is 3.55. The van der Waals surface area contributed by atoms with Gasteiger partial charge in [0.15, 0.2) is 0 Å². The molecule has 0 spiro atoms. The normalized spacial score (nSPS) is 33.4. The zero-order chi connectivity index (χ0) is 11.7. The van der Waals surface area contributed by atoms with Crippen LogP contribution in [0.4, 0.5) is 4.79 Å². The number of nitrogens with one attached hydrogen (secondary N) is 1. The molecule has 1 saturated carbocycles. The van der Waals surface area contributed by atoms with Gasteiger partial charge in [-0.2, -0.15) is 0 Å². The molecule has 0 radical (unpaired) electrons. The number of nitrogens with zero attached hydrogens (tertiary/aromatic N) is 1. The molecule has 2 aliphatic rings. The molecule has 1 heterocycles. The van der Waals surface area contributed by atoms with Gasteiger partial charge >= 0.3 is 12.0 Å². The number of carboxylic acids is 1. The fraction of sp³-hybridized carbons (Fsp3) is 0.818. The molecule has 1 aliphatic carbocycles. The Morgan fingerprint density at radius 3 is 2.81 bits per heavy atom. The molecule has 1 saturated heterocycles. The molecular formula is C11H18N2O3. The van der Waals surface area contributed by atoms with Crippen LogP contribution in [0.5, 0.6) is 0 Å². The molecule has 2 fully saturated rings. The van der Waals surface area contributed by atoms with Gasteiger partial charge in [-0.1, -0.05) is 13.3 Å². The SMILES string of the molecule is CCCC1CN(C2CC(C(=O)O)C2)C(=O)N1. The van der Waals surface area contributed by atoms with Crippen LogP contribution in [-0.4, -0.2) is 40.6 Å². The van der Waals surface area contributed by atoms with Gasteiger partial charge in [0.1, 0.15) is 0 Å². The number of carbonyl (C=O) groups excluding carboxylic acids is 1. The van der Waals surface area contributed by atoms with Gasteiger partial charge in [-0.05, 0) is 19.3 Å². The number of rotatable bonds is 4. The van der Waals surface area contributed by atoms with Gasteiger partial charge in [0.2, 0.25) is 0 Å². The van der Waals surface area contributed by atoms with Crippen LogP contribution in [0.2, 0.25) is 0 Å². The molecule has 2 N–H and O–H groups in total. The molecule has 2 amide bonds. The second-order valence-electron chi connectivity index (χ2n) is 4.75. The van der Waals surface area contributed by atoms with Crippen molar-refractivity contribution in [3.63, 3.8) is 0 Å². The molecular weight excluding hydrogens is 208 g/mol. The quantitative estimate of drug-likeness (QED) is 0.752. The van der Waals surface area contributed by atoms with E-state index in [4.69, 9.17) is 5.11 Å². The van der Waals surface area contributed by atoms with Crippen LogP contribution in [0, 0.1) is 5.92 Å². The highest BCUT2D eigenvalue weighted by Gasteiger charge is 2.42. The maximum absolute atomic E-state index is 11.6. The Morgan fingerprint density at radius 2 is 2.25 bits per heavy atom. The van der Waals surface area contributed by atoms with Crippen molar-refractivity contribution in [2.75, 3.05) is 6.54 Å². The monoisotopic (exact) mass is 226 g/mol. The summed E-state index contributed by atoms with van der Waals surface area (Å²) in [6, 6.07) is 0.372. The molecule has 0 aromatic heterocycles. The highest BCUT2D eigenvalue weighted by molar-refractivity contribution is 5.78. The number of aliphatic carboxylic acids is 1. The van der Waals surface area contributed by atoms with E-state index in [2.05, 4.69) is 12.2 Å². The lowest BCUT2D eigenvalue weighted by Gasteiger charge is -2.38. The van der Waals surface area contributed by atoms with E-state index in [1.807, 2.05) is 0 Å². The Morgan fingerprint density at radius 1 is 1.56 bits per heavy atom. The van der Waals surface area contributed by atoms with Crippen molar-refractivity contribution >= 4 is 12.0 Å². The van der Waals surface area contributed by atoms with E-state index >= 15 is 0 Å². The van der Waals surface area contributed by atoms with Crippen molar-refractivity contribution in [1.82, 2.24) is 10.2 Å². The summed E-state index contributed by atoms with van der Waals surface area (Å²) in [4.78, 5) is 24.1. The molecule has 90 valence electrons. The predicted molar refractivity (Wildman–Crippen MR) is 58.1 cm³/mol. The van der Waals surface area contributed by atoms with Crippen molar-refractivity contribution in [2.45, 2.75) is 44.7 Å². The van der Waals surface area contributed by atoms with Crippen molar-refractivity contribution in [1.29, 1.82) is 0 Å². The Labute approximate surface area is 94.8 Å². The molecule has 0 aromatic carbocycles. The van der Waals surface area contributed by atoms with Gasteiger partial charge in [0.05, 0.1) is 5.92 Å². The highest BCUT2D eigenvalue weighted by Crippen LogP contribution is 2.33. The standard InChI is InChI=1S/C11H18N2O3/c1-2-3-8-6-13(11(16)12-8)9-4-7(5-9)10(14)15/h7-9H,2-6H2,1H3,(H,12,16)(H,14,15). The summed E-state index contributed by atoms with van der Waals surface area (Å²) in [6.07, 6.45) is 3.28. The van der Waals surface area contributed by atoms with E-state index in [0.29, 0.717) is 12.8 Å². The smallest absolute Gasteiger partial charge is 0.317 e. The van der Waals surface area contributed by atoms with E-state index in [9.17, 15) is 9.59 Å². The molecule has 0 bridgehead atoms. The number of hydrogen-bond acceptors (Lipinski definition) is 2. The van der Waals surface area contributed by atoms with Gasteiger partial charge in [-0.25, -0.2) is 4.79 Å². The third kappa shape index (κ3) is 1.99. The molecule has 16 heavy (non-hydrogen) atoms. The van der Waals surface area contributed by atoms with Crippen LogP contribution < -0.4 is 5.32 Å². The fourth-order valence-electron chi connectivity index (χ4n) is 2.49. The summed E-state index contributed by atoms with van der Waals surface area (Å²) in [6.45, 7) is 2.84. The predicted octanol–water partition coefficient (Wildman–Crippen LogP) is 1.04. The maximum atomic E-state index is 11.6. The Kier molecular flexibility index (Phi) is 3.03. The number of urea groups is 1. The minimum Gasteiger partial charge on any atom is -0.481 e. The summed E-state index contributed by atoms with van der Waals surface area (Å²) < 4.78 is 0. The van der Waals surface area contributed by atoms with E-state index in [0.717, 1.165) is 19.4 Å². The average molecular weight is 226 g/mol. The maximum Gasteiger partial charge on any atom is 0.317 e. The van der Waals surface area contributed by atoms with Gasteiger partial charge in [0.25, 0.3) is 0 Å². The molecule has 1 unspecified atom stereocenters. The molecule has 1 atom stereocenters. The lowest BCUT2D eigenvalue weighted by molar-refractivity contribution is -0.146. The second-order valence-corrected chi connectivity index (χ2v) is 4.75. The van der Waals surface area contributed by atoms with Gasteiger partial charge in [0, 0.05) is 18.6 Å². The first-order valence-electron chi connectivity index (χ1n) is 5.91. The zero-order valence-electron chi connectivity index (χ0n) is 9.48. The lowest BCUT2D eigenvalue weighted by Crippen LogP contribution is -2.48.